The molecule has 0 aromatic carbocycles. The molecule has 0 spiro atoms. The van der Waals surface area contributed by atoms with Crippen LogP contribution in [0.5, 0.6) is 0 Å². The van der Waals surface area contributed by atoms with Crippen molar-refractivity contribution in [3.63, 3.8) is 0 Å². The molecule has 82 valence electrons. The smallest absolute Gasteiger partial charge is 0.246 e. The fraction of sp³-hybridized carbons (Fsp3) is 0.750. The minimum Gasteiger partial charge on any atom is -0.275 e. The summed E-state index contributed by atoms with van der Waals surface area (Å²) in [6.45, 7) is 0. The molecule has 0 N–H and O–H groups in total. The molecule has 6 heteroatoms. The summed E-state index contributed by atoms with van der Waals surface area (Å²) in [6, 6.07) is 0. The molecule has 0 heterocycles. The first kappa shape index (κ1) is 12.9. The van der Waals surface area contributed by atoms with Crippen LogP contribution in [0.3, 0.4) is 0 Å². The number of hydrogen-bond donors (Lipinski definition) is 0. The zero-order valence-electron chi connectivity index (χ0n) is 8.94. The number of rotatable bonds is 5. The summed E-state index contributed by atoms with van der Waals surface area (Å²) in [4.78, 5) is 31.7. The first-order valence-electron chi connectivity index (χ1n) is 4.14. The highest BCUT2D eigenvalue weighted by Crippen LogP contribution is 1.99. The van der Waals surface area contributed by atoms with E-state index in [1.54, 1.807) is 0 Å². The van der Waals surface area contributed by atoms with Crippen LogP contribution >= 0.6 is 0 Å². The Bertz CT molecular complexity index is 186. The van der Waals surface area contributed by atoms with Crippen molar-refractivity contribution in [2.24, 2.45) is 0 Å². The Labute approximate surface area is 83.3 Å². The molecule has 6 nitrogen and oxygen atoms in total. The molecule has 0 fully saturated rings. The molecule has 0 aromatic rings. The van der Waals surface area contributed by atoms with Gasteiger partial charge in [0, 0.05) is 26.9 Å². The molecule has 2 amide bonds. The molecular weight excluding hydrogens is 188 g/mol. The average Bonchev–Trinajstić information content (AvgIpc) is 2.22. The van der Waals surface area contributed by atoms with Crippen LogP contribution in [0.25, 0.3) is 0 Å². The second kappa shape index (κ2) is 6.33. The molecule has 0 saturated carbocycles. The van der Waals surface area contributed by atoms with E-state index in [2.05, 4.69) is 9.68 Å². The molecular formula is C8H16N2O4. The standard InChI is InChI=1S/C8H16N2O4/c1-9(13-3)7(11)5-6-8(12)10(2)14-4/h5-6H2,1-4H3. The van der Waals surface area contributed by atoms with Crippen molar-refractivity contribution in [2.75, 3.05) is 28.3 Å². The van der Waals surface area contributed by atoms with Crippen LogP contribution in [-0.4, -0.2) is 50.3 Å². The normalized spacial score (nSPS) is 9.71. The Morgan fingerprint density at radius 2 is 1.21 bits per heavy atom. The zero-order chi connectivity index (χ0) is 11.1. The van der Waals surface area contributed by atoms with Gasteiger partial charge in [-0.1, -0.05) is 0 Å². The molecule has 0 bridgehead atoms. The van der Waals surface area contributed by atoms with Crippen LogP contribution in [0, 0.1) is 0 Å². The van der Waals surface area contributed by atoms with Crippen LogP contribution < -0.4 is 0 Å². The van der Waals surface area contributed by atoms with Gasteiger partial charge in [-0.2, -0.15) is 0 Å². The van der Waals surface area contributed by atoms with E-state index in [9.17, 15) is 9.59 Å². The quantitative estimate of drug-likeness (QED) is 0.582. The number of hydroxylamine groups is 4. The summed E-state index contributed by atoms with van der Waals surface area (Å²) < 4.78 is 0. The zero-order valence-corrected chi connectivity index (χ0v) is 8.94. The van der Waals surface area contributed by atoms with Crippen molar-refractivity contribution >= 4 is 11.8 Å². The number of nitrogens with zero attached hydrogens (tertiary/aromatic N) is 2. The van der Waals surface area contributed by atoms with Crippen molar-refractivity contribution in [3.8, 4) is 0 Å². The SMILES string of the molecule is CON(C)C(=O)CCC(=O)N(C)OC. The van der Waals surface area contributed by atoms with Crippen molar-refractivity contribution in [2.45, 2.75) is 12.8 Å². The molecule has 0 unspecified atom stereocenters. The molecule has 14 heavy (non-hydrogen) atoms. The van der Waals surface area contributed by atoms with E-state index in [-0.39, 0.29) is 24.7 Å². The van der Waals surface area contributed by atoms with Crippen molar-refractivity contribution in [1.82, 2.24) is 10.1 Å². The van der Waals surface area contributed by atoms with E-state index in [0.29, 0.717) is 0 Å². The lowest BCUT2D eigenvalue weighted by Crippen LogP contribution is -2.29. The first-order valence-corrected chi connectivity index (χ1v) is 4.14. The van der Waals surface area contributed by atoms with E-state index in [1.807, 2.05) is 0 Å². The third kappa shape index (κ3) is 4.20. The average molecular weight is 204 g/mol. The van der Waals surface area contributed by atoms with E-state index in [0.717, 1.165) is 10.1 Å². The molecule has 0 aliphatic heterocycles. The largest absolute Gasteiger partial charge is 0.275 e. The molecule has 0 rings (SSSR count). The predicted molar refractivity (Wildman–Crippen MR) is 48.8 cm³/mol. The lowest BCUT2D eigenvalue weighted by molar-refractivity contribution is -0.174. The summed E-state index contributed by atoms with van der Waals surface area (Å²) in [7, 11) is 5.77. The van der Waals surface area contributed by atoms with E-state index in [1.165, 1.54) is 28.3 Å². The fourth-order valence-electron chi connectivity index (χ4n) is 0.732. The third-order valence-corrected chi connectivity index (χ3v) is 1.80. The molecule has 0 radical (unpaired) electrons. The maximum atomic E-state index is 11.2. The minimum atomic E-state index is -0.245. The highest BCUT2D eigenvalue weighted by molar-refractivity contribution is 5.82. The second-order valence-electron chi connectivity index (χ2n) is 2.65. The van der Waals surface area contributed by atoms with Gasteiger partial charge in [-0.25, -0.2) is 10.1 Å². The van der Waals surface area contributed by atoms with Crippen LogP contribution in [-0.2, 0) is 19.3 Å². The number of amides is 2. The van der Waals surface area contributed by atoms with Gasteiger partial charge >= 0.3 is 0 Å². The van der Waals surface area contributed by atoms with Crippen LogP contribution in [0.15, 0.2) is 0 Å². The lowest BCUT2D eigenvalue weighted by atomic mass is 10.3. The maximum absolute atomic E-state index is 11.2. The second-order valence-corrected chi connectivity index (χ2v) is 2.65. The van der Waals surface area contributed by atoms with Gasteiger partial charge in [0.1, 0.15) is 0 Å². The van der Waals surface area contributed by atoms with Gasteiger partial charge in [0.25, 0.3) is 0 Å². The van der Waals surface area contributed by atoms with Crippen molar-refractivity contribution in [1.29, 1.82) is 0 Å². The summed E-state index contributed by atoms with van der Waals surface area (Å²) in [5.74, 6) is -0.490. The third-order valence-electron chi connectivity index (χ3n) is 1.80. The van der Waals surface area contributed by atoms with E-state index < -0.39 is 0 Å². The van der Waals surface area contributed by atoms with Gasteiger partial charge in [0.2, 0.25) is 11.8 Å². The summed E-state index contributed by atoms with van der Waals surface area (Å²) in [5, 5.41) is 2.17. The number of hydrogen-bond acceptors (Lipinski definition) is 4. The van der Waals surface area contributed by atoms with Gasteiger partial charge in [0.15, 0.2) is 0 Å². The van der Waals surface area contributed by atoms with Gasteiger partial charge in [0.05, 0.1) is 14.2 Å². The van der Waals surface area contributed by atoms with Gasteiger partial charge < -0.3 is 0 Å². The minimum absolute atomic E-state index is 0.108. The van der Waals surface area contributed by atoms with Crippen LogP contribution in [0.1, 0.15) is 12.8 Å². The Morgan fingerprint density at radius 1 is 0.929 bits per heavy atom. The van der Waals surface area contributed by atoms with Gasteiger partial charge in [-0.15, -0.1) is 0 Å². The van der Waals surface area contributed by atoms with Crippen LogP contribution in [0.4, 0.5) is 0 Å². The topological polar surface area (TPSA) is 59.1 Å². The first-order chi connectivity index (χ1) is 6.52. The Morgan fingerprint density at radius 3 is 1.43 bits per heavy atom. The summed E-state index contributed by atoms with van der Waals surface area (Å²) in [5.41, 5.74) is 0. The lowest BCUT2D eigenvalue weighted by Gasteiger charge is -2.15. The highest BCUT2D eigenvalue weighted by atomic mass is 16.7. The molecule has 0 aliphatic carbocycles. The van der Waals surface area contributed by atoms with E-state index in [4.69, 9.17) is 0 Å². The Hall–Kier alpha value is -1.14. The summed E-state index contributed by atoms with van der Waals surface area (Å²) >= 11 is 0. The van der Waals surface area contributed by atoms with Crippen LogP contribution in [0.2, 0.25) is 0 Å². The van der Waals surface area contributed by atoms with Crippen molar-refractivity contribution < 1.29 is 19.3 Å². The summed E-state index contributed by atoms with van der Waals surface area (Å²) in [6.07, 6.45) is 0.216. The van der Waals surface area contributed by atoms with E-state index >= 15 is 0 Å². The molecule has 0 saturated heterocycles. The molecule has 0 aromatic heterocycles. The number of carbonyl (C=O) groups is 2. The Balaban J connectivity index is 3.83. The van der Waals surface area contributed by atoms with Gasteiger partial charge in [-0.3, -0.25) is 19.3 Å². The fourth-order valence-corrected chi connectivity index (χ4v) is 0.732. The van der Waals surface area contributed by atoms with Crippen molar-refractivity contribution in [3.05, 3.63) is 0 Å². The molecule has 0 aliphatic rings. The predicted octanol–water partition coefficient (Wildman–Crippen LogP) is -0.194. The molecule has 0 atom stereocenters. The highest BCUT2D eigenvalue weighted by Gasteiger charge is 2.13. The monoisotopic (exact) mass is 204 g/mol. The Kier molecular flexibility index (Phi) is 5.82. The van der Waals surface area contributed by atoms with Gasteiger partial charge in [-0.05, 0) is 0 Å². The maximum Gasteiger partial charge on any atom is 0.246 e. The number of carbonyl (C=O) groups excluding carboxylic acids is 2.